The number of amides is 1. The van der Waals surface area contributed by atoms with Crippen molar-refractivity contribution in [1.29, 1.82) is 0 Å². The Kier molecular flexibility index (Phi) is 4.42. The SMILES string of the molecule is C[C@]1(F)CNCCN(C(=O)CCc2ccncn2)C1. The van der Waals surface area contributed by atoms with E-state index in [4.69, 9.17) is 0 Å². The molecule has 0 bridgehead atoms. The number of hydrogen-bond donors (Lipinski definition) is 1. The van der Waals surface area contributed by atoms with Crippen molar-refractivity contribution in [2.45, 2.75) is 25.4 Å². The molecule has 1 saturated heterocycles. The standard InChI is InChI=1S/C13H19FN4O/c1-13(14)8-15-6-7-18(9-13)12(19)3-2-11-4-5-16-10-17-11/h4-5,10,15H,2-3,6-9H2,1H3/t13-/m0/s1. The lowest BCUT2D eigenvalue weighted by Gasteiger charge is -2.26. The third kappa shape index (κ3) is 4.24. The summed E-state index contributed by atoms with van der Waals surface area (Å²) in [7, 11) is 0. The van der Waals surface area contributed by atoms with Crippen LogP contribution in [0.4, 0.5) is 4.39 Å². The summed E-state index contributed by atoms with van der Waals surface area (Å²) in [4.78, 5) is 21.6. The van der Waals surface area contributed by atoms with Gasteiger partial charge in [0, 0.05) is 37.9 Å². The van der Waals surface area contributed by atoms with Crippen molar-refractivity contribution < 1.29 is 9.18 Å². The number of halogens is 1. The number of nitrogens with one attached hydrogen (secondary N) is 1. The maximum absolute atomic E-state index is 14.0. The Labute approximate surface area is 112 Å². The number of hydrogen-bond acceptors (Lipinski definition) is 4. The molecule has 1 amide bonds. The summed E-state index contributed by atoms with van der Waals surface area (Å²) < 4.78 is 14.0. The van der Waals surface area contributed by atoms with Gasteiger partial charge in [0.05, 0.1) is 6.54 Å². The molecule has 2 heterocycles. The van der Waals surface area contributed by atoms with Crippen LogP contribution >= 0.6 is 0 Å². The predicted molar refractivity (Wildman–Crippen MR) is 69.3 cm³/mol. The van der Waals surface area contributed by atoms with Crippen LogP contribution in [0.3, 0.4) is 0 Å². The fourth-order valence-corrected chi connectivity index (χ4v) is 2.17. The van der Waals surface area contributed by atoms with Gasteiger partial charge in [-0.3, -0.25) is 4.79 Å². The van der Waals surface area contributed by atoms with Crippen molar-refractivity contribution in [3.8, 4) is 0 Å². The lowest BCUT2D eigenvalue weighted by atomic mass is 10.1. The Balaban J connectivity index is 1.88. The first-order chi connectivity index (χ1) is 9.07. The Morgan fingerprint density at radius 3 is 3.21 bits per heavy atom. The van der Waals surface area contributed by atoms with Crippen molar-refractivity contribution in [3.05, 3.63) is 24.3 Å². The number of alkyl halides is 1. The molecule has 1 atom stereocenters. The first kappa shape index (κ1) is 13.9. The first-order valence-corrected chi connectivity index (χ1v) is 6.49. The van der Waals surface area contributed by atoms with Crippen molar-refractivity contribution in [2.75, 3.05) is 26.2 Å². The van der Waals surface area contributed by atoms with Gasteiger partial charge in [0.2, 0.25) is 5.91 Å². The number of rotatable bonds is 3. The van der Waals surface area contributed by atoms with Crippen LogP contribution < -0.4 is 5.32 Å². The molecule has 0 unspecified atom stereocenters. The molecule has 1 N–H and O–H groups in total. The van der Waals surface area contributed by atoms with Crippen LogP contribution in [0.15, 0.2) is 18.6 Å². The van der Waals surface area contributed by atoms with Gasteiger partial charge in [-0.25, -0.2) is 14.4 Å². The molecule has 6 heteroatoms. The number of carbonyl (C=O) groups is 1. The molecule has 1 aromatic heterocycles. The van der Waals surface area contributed by atoms with Gasteiger partial charge >= 0.3 is 0 Å². The molecule has 1 aliphatic rings. The minimum atomic E-state index is -1.36. The maximum atomic E-state index is 14.0. The Morgan fingerprint density at radius 1 is 1.63 bits per heavy atom. The van der Waals surface area contributed by atoms with Crippen LogP contribution in [0, 0.1) is 0 Å². The predicted octanol–water partition coefficient (Wildman–Crippen LogP) is 0.569. The summed E-state index contributed by atoms with van der Waals surface area (Å²) in [6.07, 6.45) is 4.04. The van der Waals surface area contributed by atoms with Crippen LogP contribution in [0.5, 0.6) is 0 Å². The van der Waals surface area contributed by atoms with E-state index in [0.717, 1.165) is 5.69 Å². The lowest BCUT2D eigenvalue weighted by molar-refractivity contribution is -0.132. The third-order valence-electron chi connectivity index (χ3n) is 3.16. The van der Waals surface area contributed by atoms with E-state index in [1.54, 1.807) is 17.2 Å². The van der Waals surface area contributed by atoms with Crippen LogP contribution in [-0.4, -0.2) is 52.6 Å². The van der Waals surface area contributed by atoms with Crippen LogP contribution in [0.1, 0.15) is 19.0 Å². The average Bonchev–Trinajstić information content (AvgIpc) is 2.58. The topological polar surface area (TPSA) is 58.1 Å². The maximum Gasteiger partial charge on any atom is 0.223 e. The Morgan fingerprint density at radius 2 is 2.47 bits per heavy atom. The Hall–Kier alpha value is -1.56. The molecule has 0 radical (unpaired) electrons. The molecular formula is C13H19FN4O. The van der Waals surface area contributed by atoms with Crippen molar-refractivity contribution >= 4 is 5.91 Å². The second kappa shape index (κ2) is 6.06. The second-order valence-corrected chi connectivity index (χ2v) is 5.11. The Bertz CT molecular complexity index is 424. The summed E-state index contributed by atoms with van der Waals surface area (Å²) >= 11 is 0. The fraction of sp³-hybridized carbons (Fsp3) is 0.615. The van der Waals surface area contributed by atoms with E-state index >= 15 is 0 Å². The van der Waals surface area contributed by atoms with Gasteiger partial charge in [0.15, 0.2) is 0 Å². The van der Waals surface area contributed by atoms with E-state index in [1.165, 1.54) is 13.3 Å². The fourth-order valence-electron chi connectivity index (χ4n) is 2.17. The average molecular weight is 266 g/mol. The van der Waals surface area contributed by atoms with E-state index in [2.05, 4.69) is 15.3 Å². The highest BCUT2D eigenvalue weighted by molar-refractivity contribution is 5.76. The van der Waals surface area contributed by atoms with Gasteiger partial charge in [0.25, 0.3) is 0 Å². The number of nitrogens with zero attached hydrogens (tertiary/aromatic N) is 3. The van der Waals surface area contributed by atoms with Crippen molar-refractivity contribution in [1.82, 2.24) is 20.2 Å². The lowest BCUT2D eigenvalue weighted by Crippen LogP contribution is -2.42. The molecular weight excluding hydrogens is 247 g/mol. The van der Waals surface area contributed by atoms with Crippen molar-refractivity contribution in [2.24, 2.45) is 0 Å². The molecule has 2 rings (SSSR count). The zero-order valence-electron chi connectivity index (χ0n) is 11.1. The van der Waals surface area contributed by atoms with Gasteiger partial charge in [-0.2, -0.15) is 0 Å². The second-order valence-electron chi connectivity index (χ2n) is 5.11. The molecule has 0 saturated carbocycles. The minimum Gasteiger partial charge on any atom is -0.338 e. The van der Waals surface area contributed by atoms with Crippen molar-refractivity contribution in [3.63, 3.8) is 0 Å². The van der Waals surface area contributed by atoms with E-state index < -0.39 is 5.67 Å². The van der Waals surface area contributed by atoms with E-state index in [9.17, 15) is 9.18 Å². The van der Waals surface area contributed by atoms with E-state index in [0.29, 0.717) is 32.5 Å². The minimum absolute atomic E-state index is 0.0220. The van der Waals surface area contributed by atoms with Gasteiger partial charge in [0.1, 0.15) is 12.0 Å². The van der Waals surface area contributed by atoms with Crippen LogP contribution in [-0.2, 0) is 11.2 Å². The molecule has 0 aliphatic carbocycles. The van der Waals surface area contributed by atoms with Crippen LogP contribution in [0.25, 0.3) is 0 Å². The van der Waals surface area contributed by atoms with E-state index in [1.807, 2.05) is 0 Å². The summed E-state index contributed by atoms with van der Waals surface area (Å²) in [5.41, 5.74) is -0.527. The van der Waals surface area contributed by atoms with Gasteiger partial charge in [-0.05, 0) is 19.4 Å². The molecule has 5 nitrogen and oxygen atoms in total. The highest BCUT2D eigenvalue weighted by Gasteiger charge is 2.30. The normalized spacial score (nSPS) is 24.0. The molecule has 1 fully saturated rings. The number of carbonyl (C=O) groups excluding carboxylic acids is 1. The van der Waals surface area contributed by atoms with Gasteiger partial charge in [-0.1, -0.05) is 0 Å². The summed E-state index contributed by atoms with van der Waals surface area (Å²) in [5, 5.41) is 3.01. The molecule has 1 aliphatic heterocycles. The van der Waals surface area contributed by atoms with Gasteiger partial charge < -0.3 is 10.2 Å². The monoisotopic (exact) mass is 266 g/mol. The zero-order chi connectivity index (χ0) is 13.7. The summed E-state index contributed by atoms with van der Waals surface area (Å²) in [5.74, 6) is -0.0220. The molecule has 104 valence electrons. The van der Waals surface area contributed by atoms with Crippen LogP contribution in [0.2, 0.25) is 0 Å². The van der Waals surface area contributed by atoms with E-state index in [-0.39, 0.29) is 12.5 Å². The molecule has 19 heavy (non-hydrogen) atoms. The number of aromatic nitrogens is 2. The highest BCUT2D eigenvalue weighted by atomic mass is 19.1. The molecule has 0 spiro atoms. The molecule has 0 aromatic carbocycles. The zero-order valence-corrected chi connectivity index (χ0v) is 11.1. The largest absolute Gasteiger partial charge is 0.338 e. The summed E-state index contributed by atoms with van der Waals surface area (Å²) in [6, 6.07) is 1.79. The quantitative estimate of drug-likeness (QED) is 0.869. The first-order valence-electron chi connectivity index (χ1n) is 6.49. The molecule has 1 aromatic rings. The number of aryl methyl sites for hydroxylation is 1. The summed E-state index contributed by atoms with van der Waals surface area (Å²) in [6.45, 7) is 3.17. The smallest absolute Gasteiger partial charge is 0.223 e. The highest BCUT2D eigenvalue weighted by Crippen LogP contribution is 2.14. The third-order valence-corrected chi connectivity index (χ3v) is 3.16. The van der Waals surface area contributed by atoms with Gasteiger partial charge in [-0.15, -0.1) is 0 Å².